The van der Waals surface area contributed by atoms with Gasteiger partial charge in [-0.05, 0) is 32.5 Å². The van der Waals surface area contributed by atoms with Crippen molar-refractivity contribution < 1.29 is 0 Å². The molecular weight excluding hydrogens is 381 g/mol. The van der Waals surface area contributed by atoms with E-state index in [-0.39, 0.29) is 24.8 Å². The molecule has 148 valence electrons. The number of fused-ring (bicyclic) bond motifs is 1. The van der Waals surface area contributed by atoms with Crippen molar-refractivity contribution in [2.45, 2.75) is 25.8 Å². The minimum absolute atomic E-state index is 0. The molecule has 1 fully saturated rings. The average molecular weight is 410 g/mol. The first kappa shape index (κ1) is 21.9. The molecule has 1 saturated heterocycles. The van der Waals surface area contributed by atoms with Crippen LogP contribution in [0.3, 0.4) is 0 Å². The predicted molar refractivity (Wildman–Crippen MR) is 116 cm³/mol. The van der Waals surface area contributed by atoms with Gasteiger partial charge >= 0.3 is 0 Å². The molecule has 7 heteroatoms. The molecule has 1 unspecified atom stereocenters. The van der Waals surface area contributed by atoms with Crippen molar-refractivity contribution in [3.05, 3.63) is 53.0 Å². The van der Waals surface area contributed by atoms with Gasteiger partial charge in [-0.3, -0.25) is 4.90 Å². The van der Waals surface area contributed by atoms with E-state index in [1.807, 2.05) is 6.92 Å². The van der Waals surface area contributed by atoms with E-state index in [4.69, 9.17) is 9.97 Å². The summed E-state index contributed by atoms with van der Waals surface area (Å²) >= 11 is 0. The molecule has 4 rings (SSSR count). The van der Waals surface area contributed by atoms with Crippen LogP contribution in [0, 0.1) is 6.92 Å². The van der Waals surface area contributed by atoms with E-state index in [1.54, 1.807) is 0 Å². The lowest BCUT2D eigenvalue weighted by Crippen LogP contribution is -2.47. The average Bonchev–Trinajstić information content (AvgIpc) is 2.87. The summed E-state index contributed by atoms with van der Waals surface area (Å²) in [6.07, 6.45) is 2.02. The molecule has 0 amide bonds. The quantitative estimate of drug-likeness (QED) is 0.825. The minimum atomic E-state index is 0. The van der Waals surface area contributed by atoms with Gasteiger partial charge in [-0.2, -0.15) is 0 Å². The number of aryl methyl sites for hydroxylation is 1. The molecule has 1 aromatic carbocycles. The van der Waals surface area contributed by atoms with Crippen molar-refractivity contribution in [2.75, 3.05) is 44.7 Å². The fourth-order valence-electron chi connectivity index (χ4n) is 4.01. The molecule has 0 radical (unpaired) electrons. The highest BCUT2D eigenvalue weighted by molar-refractivity contribution is 5.85. The number of nitrogens with zero attached hydrogens (tertiary/aromatic N) is 4. The van der Waals surface area contributed by atoms with E-state index in [9.17, 15) is 0 Å². The third kappa shape index (κ3) is 4.72. The van der Waals surface area contributed by atoms with Crippen molar-refractivity contribution in [1.29, 1.82) is 0 Å². The predicted octanol–water partition coefficient (Wildman–Crippen LogP) is 2.81. The second-order valence-corrected chi connectivity index (χ2v) is 7.12. The molecule has 5 nitrogen and oxygen atoms in total. The molecule has 27 heavy (non-hydrogen) atoms. The molecule has 0 bridgehead atoms. The van der Waals surface area contributed by atoms with E-state index in [1.165, 1.54) is 22.6 Å². The van der Waals surface area contributed by atoms with Gasteiger partial charge in [-0.25, -0.2) is 9.97 Å². The van der Waals surface area contributed by atoms with Crippen molar-refractivity contribution >= 4 is 30.6 Å². The number of benzene rings is 1. The zero-order valence-corrected chi connectivity index (χ0v) is 17.7. The van der Waals surface area contributed by atoms with Gasteiger partial charge in [0, 0.05) is 38.2 Å². The van der Waals surface area contributed by atoms with Gasteiger partial charge in [0.05, 0.1) is 11.7 Å². The number of aromatic nitrogens is 2. The van der Waals surface area contributed by atoms with Crippen molar-refractivity contribution in [2.24, 2.45) is 0 Å². The Morgan fingerprint density at radius 1 is 1.00 bits per heavy atom. The Labute approximate surface area is 174 Å². The molecule has 2 aliphatic heterocycles. The summed E-state index contributed by atoms with van der Waals surface area (Å²) in [7, 11) is 2.23. The standard InChI is InChI=1S/C20H27N5.2ClH/c1-15-22-18-9-11-21-10-8-17(18)20(23-15)25-13-12-24(2)19(14-25)16-6-4-3-5-7-16;;/h3-7,19,21H,8-14H2,1-2H3;2*1H. The fourth-order valence-corrected chi connectivity index (χ4v) is 4.01. The van der Waals surface area contributed by atoms with Crippen LogP contribution in [0.4, 0.5) is 5.82 Å². The zero-order chi connectivity index (χ0) is 17.2. The lowest BCUT2D eigenvalue weighted by Gasteiger charge is -2.41. The maximum absolute atomic E-state index is 4.87. The Morgan fingerprint density at radius 3 is 2.52 bits per heavy atom. The molecular formula is C20H29Cl2N5. The van der Waals surface area contributed by atoms with Crippen LogP contribution < -0.4 is 10.2 Å². The lowest BCUT2D eigenvalue weighted by molar-refractivity contribution is 0.220. The Bertz CT molecular complexity index is 741. The highest BCUT2D eigenvalue weighted by Crippen LogP contribution is 2.30. The molecule has 1 N–H and O–H groups in total. The molecule has 1 atom stereocenters. The number of nitrogens with one attached hydrogen (secondary N) is 1. The largest absolute Gasteiger partial charge is 0.353 e. The van der Waals surface area contributed by atoms with E-state index in [0.717, 1.165) is 51.4 Å². The number of hydrogen-bond acceptors (Lipinski definition) is 5. The van der Waals surface area contributed by atoms with Crippen LogP contribution in [0.25, 0.3) is 0 Å². The van der Waals surface area contributed by atoms with Gasteiger partial charge in [0.25, 0.3) is 0 Å². The van der Waals surface area contributed by atoms with E-state index < -0.39 is 0 Å². The number of piperazine rings is 1. The highest BCUT2D eigenvalue weighted by atomic mass is 35.5. The van der Waals surface area contributed by atoms with Gasteiger partial charge < -0.3 is 10.2 Å². The van der Waals surface area contributed by atoms with Gasteiger partial charge in [-0.1, -0.05) is 30.3 Å². The number of halogens is 2. The summed E-state index contributed by atoms with van der Waals surface area (Å²) in [5, 5.41) is 3.49. The van der Waals surface area contributed by atoms with Crippen LogP contribution in [0.15, 0.2) is 30.3 Å². The first-order chi connectivity index (χ1) is 12.2. The Morgan fingerprint density at radius 2 is 1.74 bits per heavy atom. The summed E-state index contributed by atoms with van der Waals surface area (Å²) in [6, 6.07) is 11.2. The van der Waals surface area contributed by atoms with Crippen LogP contribution >= 0.6 is 24.8 Å². The van der Waals surface area contributed by atoms with Crippen LogP contribution in [0.2, 0.25) is 0 Å². The summed E-state index contributed by atoms with van der Waals surface area (Å²) in [5.74, 6) is 2.06. The Balaban J connectivity index is 0.00000131. The van der Waals surface area contributed by atoms with Crippen molar-refractivity contribution in [3.63, 3.8) is 0 Å². The fraction of sp³-hybridized carbons (Fsp3) is 0.500. The number of likely N-dealkylation sites (N-methyl/N-ethyl adjacent to an activating group) is 1. The monoisotopic (exact) mass is 409 g/mol. The number of anilines is 1. The third-order valence-electron chi connectivity index (χ3n) is 5.40. The molecule has 3 heterocycles. The molecule has 2 aromatic rings. The Hall–Kier alpha value is -1.40. The molecule has 0 aliphatic carbocycles. The van der Waals surface area contributed by atoms with Crippen LogP contribution in [-0.2, 0) is 12.8 Å². The SMILES string of the molecule is Cc1nc2c(c(N3CCN(C)C(c4ccccc4)C3)n1)CCNCC2.Cl.Cl. The number of rotatable bonds is 2. The highest BCUT2D eigenvalue weighted by Gasteiger charge is 2.29. The maximum atomic E-state index is 4.87. The summed E-state index contributed by atoms with van der Waals surface area (Å²) in [4.78, 5) is 14.5. The van der Waals surface area contributed by atoms with E-state index in [0.29, 0.717) is 6.04 Å². The lowest BCUT2D eigenvalue weighted by atomic mass is 10.0. The van der Waals surface area contributed by atoms with Gasteiger partial charge in [-0.15, -0.1) is 24.8 Å². The molecule has 1 aromatic heterocycles. The molecule has 2 aliphatic rings. The maximum Gasteiger partial charge on any atom is 0.135 e. The van der Waals surface area contributed by atoms with Crippen LogP contribution in [0.5, 0.6) is 0 Å². The summed E-state index contributed by atoms with van der Waals surface area (Å²) in [6.45, 7) is 7.11. The number of hydrogen-bond donors (Lipinski definition) is 1. The van der Waals surface area contributed by atoms with Crippen molar-refractivity contribution in [1.82, 2.24) is 20.2 Å². The zero-order valence-electron chi connectivity index (χ0n) is 16.0. The van der Waals surface area contributed by atoms with Gasteiger partial charge in [0.2, 0.25) is 0 Å². The second-order valence-electron chi connectivity index (χ2n) is 7.12. The topological polar surface area (TPSA) is 44.3 Å². The molecule has 0 saturated carbocycles. The third-order valence-corrected chi connectivity index (χ3v) is 5.40. The smallest absolute Gasteiger partial charge is 0.135 e. The van der Waals surface area contributed by atoms with E-state index in [2.05, 4.69) is 52.5 Å². The van der Waals surface area contributed by atoms with Crippen molar-refractivity contribution in [3.8, 4) is 0 Å². The van der Waals surface area contributed by atoms with E-state index >= 15 is 0 Å². The summed E-state index contributed by atoms with van der Waals surface area (Å²) in [5.41, 5.74) is 3.97. The first-order valence-electron chi connectivity index (χ1n) is 9.29. The minimum Gasteiger partial charge on any atom is -0.353 e. The van der Waals surface area contributed by atoms with Gasteiger partial charge in [0.1, 0.15) is 11.6 Å². The Kier molecular flexibility index (Phi) is 7.86. The van der Waals surface area contributed by atoms with Gasteiger partial charge in [0.15, 0.2) is 0 Å². The molecule has 0 spiro atoms. The van der Waals surface area contributed by atoms with Crippen LogP contribution in [-0.4, -0.2) is 54.6 Å². The second kappa shape index (κ2) is 9.69. The first-order valence-corrected chi connectivity index (χ1v) is 9.29. The normalized spacial score (nSPS) is 20.1. The summed E-state index contributed by atoms with van der Waals surface area (Å²) < 4.78 is 0. The van der Waals surface area contributed by atoms with Crippen LogP contribution in [0.1, 0.15) is 28.7 Å².